The monoisotopic (exact) mass is 341 g/mol. The van der Waals surface area contributed by atoms with Gasteiger partial charge in [0.15, 0.2) is 0 Å². The maximum absolute atomic E-state index is 5.83. The van der Waals surface area contributed by atoms with Gasteiger partial charge in [-0.05, 0) is 55.0 Å². The third kappa shape index (κ3) is 7.30. The van der Waals surface area contributed by atoms with Crippen molar-refractivity contribution < 1.29 is 4.74 Å². The second kappa shape index (κ2) is 9.41. The van der Waals surface area contributed by atoms with Gasteiger partial charge in [-0.3, -0.25) is 0 Å². The van der Waals surface area contributed by atoms with E-state index < -0.39 is 0 Å². The predicted molar refractivity (Wildman–Crippen MR) is 90.3 cm³/mol. The number of halogens is 1. The molecule has 0 saturated carbocycles. The van der Waals surface area contributed by atoms with Crippen molar-refractivity contribution in [1.29, 1.82) is 0 Å². The number of hydrogen-bond donors (Lipinski definition) is 1. The van der Waals surface area contributed by atoms with E-state index in [1.807, 2.05) is 6.07 Å². The lowest BCUT2D eigenvalue weighted by Crippen LogP contribution is -2.19. The average Bonchev–Trinajstić information content (AvgIpc) is 2.37. The Balaban J connectivity index is 2.44. The lowest BCUT2D eigenvalue weighted by atomic mass is 10.1. The Morgan fingerprint density at radius 1 is 1.15 bits per heavy atom. The summed E-state index contributed by atoms with van der Waals surface area (Å²) in [5.41, 5.74) is 1.26. The van der Waals surface area contributed by atoms with Gasteiger partial charge in [-0.15, -0.1) is 0 Å². The van der Waals surface area contributed by atoms with Gasteiger partial charge in [0.25, 0.3) is 0 Å². The molecular weight excluding hydrogens is 314 g/mol. The van der Waals surface area contributed by atoms with E-state index in [1.165, 1.54) is 12.0 Å². The molecule has 0 fully saturated rings. The van der Waals surface area contributed by atoms with Gasteiger partial charge in [-0.25, -0.2) is 0 Å². The molecule has 0 saturated heterocycles. The molecule has 0 heterocycles. The first-order valence-electron chi connectivity index (χ1n) is 7.61. The van der Waals surface area contributed by atoms with Crippen molar-refractivity contribution in [2.24, 2.45) is 11.8 Å². The molecule has 114 valence electrons. The Morgan fingerprint density at radius 3 is 2.55 bits per heavy atom. The van der Waals surface area contributed by atoms with Gasteiger partial charge in [0.2, 0.25) is 0 Å². The third-order valence-corrected chi connectivity index (χ3v) is 3.85. The van der Waals surface area contributed by atoms with Gasteiger partial charge in [-0.2, -0.15) is 0 Å². The summed E-state index contributed by atoms with van der Waals surface area (Å²) in [4.78, 5) is 0. The van der Waals surface area contributed by atoms with Gasteiger partial charge in [0.05, 0.1) is 6.61 Å². The second-order valence-electron chi connectivity index (χ2n) is 6.16. The van der Waals surface area contributed by atoms with Crippen LogP contribution in [0, 0.1) is 11.8 Å². The van der Waals surface area contributed by atoms with E-state index in [-0.39, 0.29) is 0 Å². The Hall–Kier alpha value is -0.540. The van der Waals surface area contributed by atoms with Gasteiger partial charge in [0, 0.05) is 11.0 Å². The van der Waals surface area contributed by atoms with E-state index in [0.717, 1.165) is 42.3 Å². The molecule has 0 radical (unpaired) electrons. The topological polar surface area (TPSA) is 21.3 Å². The van der Waals surface area contributed by atoms with Gasteiger partial charge < -0.3 is 10.1 Å². The van der Waals surface area contributed by atoms with Gasteiger partial charge in [-0.1, -0.05) is 43.6 Å². The van der Waals surface area contributed by atoms with Crippen LogP contribution in [0.2, 0.25) is 0 Å². The van der Waals surface area contributed by atoms with Crippen LogP contribution in [-0.4, -0.2) is 13.2 Å². The van der Waals surface area contributed by atoms with Crippen molar-refractivity contribution >= 4 is 15.9 Å². The van der Waals surface area contributed by atoms with Crippen LogP contribution in [-0.2, 0) is 6.54 Å². The van der Waals surface area contributed by atoms with E-state index >= 15 is 0 Å². The smallest absolute Gasteiger partial charge is 0.119 e. The summed E-state index contributed by atoms with van der Waals surface area (Å²) in [5, 5.41) is 3.47. The van der Waals surface area contributed by atoms with E-state index in [9.17, 15) is 0 Å². The highest BCUT2D eigenvalue weighted by atomic mass is 79.9. The minimum absolute atomic E-state index is 0.671. The van der Waals surface area contributed by atoms with Crippen molar-refractivity contribution in [3.63, 3.8) is 0 Å². The largest absolute Gasteiger partial charge is 0.494 e. The molecule has 1 N–H and O–H groups in total. The fraction of sp³-hybridized carbons (Fsp3) is 0.647. The highest BCUT2D eigenvalue weighted by molar-refractivity contribution is 9.10. The standard InChI is InChI=1S/C17H28BrNO/c1-13(2)6-5-9-20-16-7-8-17(18)15(10-16)12-19-11-14(3)4/h7-8,10,13-14,19H,5-6,9,11-12H2,1-4H3. The van der Waals surface area contributed by atoms with E-state index in [4.69, 9.17) is 4.74 Å². The first-order valence-corrected chi connectivity index (χ1v) is 8.40. The Bertz CT molecular complexity index is 391. The minimum Gasteiger partial charge on any atom is -0.494 e. The molecule has 0 amide bonds. The molecule has 0 aliphatic heterocycles. The summed E-state index contributed by atoms with van der Waals surface area (Å²) in [6.45, 7) is 11.6. The summed E-state index contributed by atoms with van der Waals surface area (Å²) in [7, 11) is 0. The molecule has 1 aromatic carbocycles. The lowest BCUT2D eigenvalue weighted by Gasteiger charge is -2.12. The number of ether oxygens (including phenoxy) is 1. The fourth-order valence-corrected chi connectivity index (χ4v) is 2.34. The van der Waals surface area contributed by atoms with Crippen molar-refractivity contribution in [3.05, 3.63) is 28.2 Å². The van der Waals surface area contributed by atoms with Crippen molar-refractivity contribution in [2.45, 2.75) is 47.1 Å². The zero-order valence-corrected chi connectivity index (χ0v) is 14.8. The zero-order valence-electron chi connectivity index (χ0n) is 13.2. The molecule has 2 nitrogen and oxygen atoms in total. The fourth-order valence-electron chi connectivity index (χ4n) is 1.95. The molecule has 0 aliphatic carbocycles. The molecular formula is C17H28BrNO. The van der Waals surface area contributed by atoms with E-state index in [2.05, 4.69) is 61.1 Å². The number of hydrogen-bond acceptors (Lipinski definition) is 2. The van der Waals surface area contributed by atoms with Crippen LogP contribution in [0.1, 0.15) is 46.1 Å². The minimum atomic E-state index is 0.671. The Morgan fingerprint density at radius 2 is 1.90 bits per heavy atom. The van der Waals surface area contributed by atoms with Crippen LogP contribution in [0.15, 0.2) is 22.7 Å². The van der Waals surface area contributed by atoms with Crippen LogP contribution in [0.25, 0.3) is 0 Å². The van der Waals surface area contributed by atoms with E-state index in [1.54, 1.807) is 0 Å². The normalized spacial score (nSPS) is 11.3. The lowest BCUT2D eigenvalue weighted by molar-refractivity contribution is 0.297. The molecule has 0 aromatic heterocycles. The predicted octanol–water partition coefficient (Wildman–Crippen LogP) is 5.01. The number of rotatable bonds is 9. The SMILES string of the molecule is CC(C)CCCOc1ccc(Br)c(CNCC(C)C)c1. The molecule has 20 heavy (non-hydrogen) atoms. The summed E-state index contributed by atoms with van der Waals surface area (Å²) in [6.07, 6.45) is 2.34. The summed E-state index contributed by atoms with van der Waals surface area (Å²) >= 11 is 3.60. The quantitative estimate of drug-likeness (QED) is 0.637. The maximum Gasteiger partial charge on any atom is 0.119 e. The number of nitrogens with one attached hydrogen (secondary N) is 1. The van der Waals surface area contributed by atoms with Crippen molar-refractivity contribution in [2.75, 3.05) is 13.2 Å². The first-order chi connectivity index (χ1) is 9.49. The molecule has 3 heteroatoms. The van der Waals surface area contributed by atoms with Gasteiger partial charge >= 0.3 is 0 Å². The second-order valence-corrected chi connectivity index (χ2v) is 7.02. The van der Waals surface area contributed by atoms with Crippen molar-refractivity contribution in [1.82, 2.24) is 5.32 Å². The summed E-state index contributed by atoms with van der Waals surface area (Å²) in [6, 6.07) is 6.24. The number of benzene rings is 1. The van der Waals surface area contributed by atoms with Gasteiger partial charge in [0.1, 0.15) is 5.75 Å². The van der Waals surface area contributed by atoms with E-state index in [0.29, 0.717) is 5.92 Å². The Labute approximate surface area is 132 Å². The highest BCUT2D eigenvalue weighted by Crippen LogP contribution is 2.23. The molecule has 0 atom stereocenters. The molecule has 0 spiro atoms. The van der Waals surface area contributed by atoms with Crippen LogP contribution in [0.5, 0.6) is 5.75 Å². The summed E-state index contributed by atoms with van der Waals surface area (Å²) in [5.74, 6) is 2.39. The van der Waals surface area contributed by atoms with Crippen LogP contribution in [0.4, 0.5) is 0 Å². The van der Waals surface area contributed by atoms with Crippen LogP contribution < -0.4 is 10.1 Å². The average molecular weight is 342 g/mol. The molecule has 1 aromatic rings. The maximum atomic E-state index is 5.83. The Kier molecular flexibility index (Phi) is 8.24. The molecule has 1 rings (SSSR count). The highest BCUT2D eigenvalue weighted by Gasteiger charge is 2.04. The molecule has 0 bridgehead atoms. The molecule has 0 unspecified atom stereocenters. The summed E-state index contributed by atoms with van der Waals surface area (Å²) < 4.78 is 6.97. The van der Waals surface area contributed by atoms with Crippen molar-refractivity contribution in [3.8, 4) is 5.75 Å². The van der Waals surface area contributed by atoms with Crippen LogP contribution in [0.3, 0.4) is 0 Å². The zero-order chi connectivity index (χ0) is 15.0. The molecule has 0 aliphatic rings. The first kappa shape index (κ1) is 17.5. The third-order valence-electron chi connectivity index (χ3n) is 3.08. The van der Waals surface area contributed by atoms with Crippen LogP contribution >= 0.6 is 15.9 Å².